The lowest BCUT2D eigenvalue weighted by Crippen LogP contribution is -1.92. The van der Waals surface area contributed by atoms with Crippen molar-refractivity contribution < 1.29 is 0 Å². The lowest BCUT2D eigenvalue weighted by Gasteiger charge is -2.05. The number of nitriles is 1. The molecule has 0 fully saturated rings. The van der Waals surface area contributed by atoms with Gasteiger partial charge in [-0.15, -0.1) is 0 Å². The SMILES string of the molecule is C[C@@H]1C=CC(C#N)=CC1. The largest absolute Gasteiger partial charge is 0.192 e. The fraction of sp³-hybridized carbons (Fsp3) is 0.375. The molecule has 1 atom stereocenters. The number of hydrogen-bond donors (Lipinski definition) is 0. The first-order valence-electron chi connectivity index (χ1n) is 3.11. The highest BCUT2D eigenvalue weighted by molar-refractivity contribution is 5.35. The molecule has 1 aliphatic carbocycles. The van der Waals surface area contributed by atoms with E-state index in [9.17, 15) is 0 Å². The Balaban J connectivity index is 2.66. The third kappa shape index (κ3) is 1.43. The molecule has 0 amide bonds. The quantitative estimate of drug-likeness (QED) is 0.478. The fourth-order valence-corrected chi connectivity index (χ4v) is 0.810. The Morgan fingerprint density at radius 1 is 1.78 bits per heavy atom. The molecular formula is C8H9N. The van der Waals surface area contributed by atoms with Crippen molar-refractivity contribution in [3.63, 3.8) is 0 Å². The van der Waals surface area contributed by atoms with Crippen LogP contribution in [0.25, 0.3) is 0 Å². The van der Waals surface area contributed by atoms with Gasteiger partial charge in [0.05, 0.1) is 6.07 Å². The predicted molar refractivity (Wildman–Crippen MR) is 36.6 cm³/mol. The van der Waals surface area contributed by atoms with E-state index in [-0.39, 0.29) is 0 Å². The molecule has 0 N–H and O–H groups in total. The Labute approximate surface area is 55.3 Å². The summed E-state index contributed by atoms with van der Waals surface area (Å²) in [5.41, 5.74) is 0.799. The fourth-order valence-electron chi connectivity index (χ4n) is 0.810. The molecule has 0 aliphatic heterocycles. The molecule has 0 aromatic rings. The van der Waals surface area contributed by atoms with Crippen molar-refractivity contribution in [3.05, 3.63) is 23.8 Å². The summed E-state index contributed by atoms with van der Waals surface area (Å²) in [6, 6.07) is 2.10. The highest BCUT2D eigenvalue weighted by Gasteiger charge is 2.00. The van der Waals surface area contributed by atoms with E-state index in [4.69, 9.17) is 5.26 Å². The van der Waals surface area contributed by atoms with Crippen LogP contribution in [-0.4, -0.2) is 0 Å². The summed E-state index contributed by atoms with van der Waals surface area (Å²) < 4.78 is 0. The van der Waals surface area contributed by atoms with E-state index in [1.165, 1.54) is 0 Å². The van der Waals surface area contributed by atoms with Crippen molar-refractivity contribution in [2.24, 2.45) is 5.92 Å². The van der Waals surface area contributed by atoms with Crippen LogP contribution < -0.4 is 0 Å². The van der Waals surface area contributed by atoms with E-state index in [1.54, 1.807) is 0 Å². The van der Waals surface area contributed by atoms with Crippen molar-refractivity contribution in [1.29, 1.82) is 5.26 Å². The van der Waals surface area contributed by atoms with E-state index < -0.39 is 0 Å². The van der Waals surface area contributed by atoms with Crippen LogP contribution in [0.2, 0.25) is 0 Å². The lowest BCUT2D eigenvalue weighted by molar-refractivity contribution is 0.733. The minimum absolute atomic E-state index is 0.613. The third-order valence-corrected chi connectivity index (χ3v) is 1.44. The highest BCUT2D eigenvalue weighted by atomic mass is 14.2. The van der Waals surface area contributed by atoms with Crippen LogP contribution in [0.4, 0.5) is 0 Å². The maximum absolute atomic E-state index is 8.41. The molecule has 0 saturated heterocycles. The summed E-state index contributed by atoms with van der Waals surface area (Å²) in [4.78, 5) is 0. The first-order valence-corrected chi connectivity index (χ1v) is 3.11. The van der Waals surface area contributed by atoms with Gasteiger partial charge in [-0.05, 0) is 18.4 Å². The molecule has 1 rings (SSSR count). The molecule has 0 heterocycles. The van der Waals surface area contributed by atoms with Crippen LogP contribution in [0.5, 0.6) is 0 Å². The minimum Gasteiger partial charge on any atom is -0.192 e. The number of rotatable bonds is 0. The molecule has 0 spiro atoms. The molecule has 46 valence electrons. The average Bonchev–Trinajstić information content (AvgIpc) is 1.90. The van der Waals surface area contributed by atoms with Crippen molar-refractivity contribution in [1.82, 2.24) is 0 Å². The van der Waals surface area contributed by atoms with Gasteiger partial charge in [-0.1, -0.05) is 19.1 Å². The molecule has 0 unspecified atom stereocenters. The maximum atomic E-state index is 8.41. The molecule has 0 aromatic heterocycles. The van der Waals surface area contributed by atoms with Crippen molar-refractivity contribution in [2.45, 2.75) is 13.3 Å². The van der Waals surface area contributed by atoms with Gasteiger partial charge in [0.1, 0.15) is 0 Å². The second-order valence-corrected chi connectivity index (χ2v) is 2.34. The van der Waals surface area contributed by atoms with Crippen LogP contribution in [-0.2, 0) is 0 Å². The smallest absolute Gasteiger partial charge is 0.0988 e. The Morgan fingerprint density at radius 2 is 2.56 bits per heavy atom. The average molecular weight is 119 g/mol. The van der Waals surface area contributed by atoms with Crippen LogP contribution >= 0.6 is 0 Å². The second-order valence-electron chi connectivity index (χ2n) is 2.34. The summed E-state index contributed by atoms with van der Waals surface area (Å²) >= 11 is 0. The van der Waals surface area contributed by atoms with Gasteiger partial charge in [0.2, 0.25) is 0 Å². The van der Waals surface area contributed by atoms with Gasteiger partial charge < -0.3 is 0 Å². The number of hydrogen-bond acceptors (Lipinski definition) is 1. The van der Waals surface area contributed by atoms with Crippen molar-refractivity contribution in [2.75, 3.05) is 0 Å². The Kier molecular flexibility index (Phi) is 1.69. The Morgan fingerprint density at radius 3 is 3.00 bits per heavy atom. The van der Waals surface area contributed by atoms with Gasteiger partial charge in [0, 0.05) is 5.57 Å². The zero-order valence-corrected chi connectivity index (χ0v) is 5.46. The van der Waals surface area contributed by atoms with E-state index in [2.05, 4.69) is 19.1 Å². The van der Waals surface area contributed by atoms with Crippen LogP contribution in [0, 0.1) is 17.2 Å². The Bertz CT molecular complexity index is 193. The summed E-state index contributed by atoms with van der Waals surface area (Å²) in [5.74, 6) is 0.613. The summed E-state index contributed by atoms with van der Waals surface area (Å²) in [5, 5.41) is 8.41. The number of nitrogens with zero attached hydrogens (tertiary/aromatic N) is 1. The molecule has 1 heteroatoms. The number of allylic oxidation sites excluding steroid dienone is 4. The topological polar surface area (TPSA) is 23.8 Å². The monoisotopic (exact) mass is 119 g/mol. The van der Waals surface area contributed by atoms with Gasteiger partial charge in [0.15, 0.2) is 0 Å². The first-order chi connectivity index (χ1) is 4.33. The molecule has 0 radical (unpaired) electrons. The summed E-state index contributed by atoms with van der Waals surface area (Å²) in [7, 11) is 0. The minimum atomic E-state index is 0.613. The molecular weight excluding hydrogens is 110 g/mol. The summed E-state index contributed by atoms with van der Waals surface area (Å²) in [6.07, 6.45) is 6.94. The lowest BCUT2D eigenvalue weighted by atomic mass is 9.99. The highest BCUT2D eigenvalue weighted by Crippen LogP contribution is 2.13. The molecule has 0 bridgehead atoms. The van der Waals surface area contributed by atoms with E-state index in [0.29, 0.717) is 5.92 Å². The van der Waals surface area contributed by atoms with Gasteiger partial charge in [0.25, 0.3) is 0 Å². The van der Waals surface area contributed by atoms with Crippen LogP contribution in [0.1, 0.15) is 13.3 Å². The van der Waals surface area contributed by atoms with Gasteiger partial charge in [-0.3, -0.25) is 0 Å². The van der Waals surface area contributed by atoms with Gasteiger partial charge in [-0.25, -0.2) is 0 Å². The zero-order chi connectivity index (χ0) is 6.69. The summed E-state index contributed by atoms with van der Waals surface area (Å²) in [6.45, 7) is 2.14. The van der Waals surface area contributed by atoms with Crippen LogP contribution in [0.3, 0.4) is 0 Å². The second kappa shape index (κ2) is 2.50. The van der Waals surface area contributed by atoms with E-state index in [1.807, 2.05) is 12.2 Å². The molecule has 0 saturated carbocycles. The van der Waals surface area contributed by atoms with E-state index >= 15 is 0 Å². The van der Waals surface area contributed by atoms with Gasteiger partial charge in [-0.2, -0.15) is 5.26 Å². The molecule has 0 aromatic carbocycles. The predicted octanol–water partition coefficient (Wildman–Crippen LogP) is 2.03. The maximum Gasteiger partial charge on any atom is 0.0988 e. The van der Waals surface area contributed by atoms with Crippen LogP contribution in [0.15, 0.2) is 23.8 Å². The normalized spacial score (nSPS) is 24.9. The molecule has 1 nitrogen and oxygen atoms in total. The first kappa shape index (κ1) is 6.10. The van der Waals surface area contributed by atoms with E-state index in [0.717, 1.165) is 12.0 Å². The van der Waals surface area contributed by atoms with Crippen molar-refractivity contribution >= 4 is 0 Å². The standard InChI is InChI=1S/C8H9N/c1-7-2-4-8(6-9)5-3-7/h2,4-5,7H,3H2,1H3/t7-/m1/s1. The van der Waals surface area contributed by atoms with Gasteiger partial charge >= 0.3 is 0 Å². The Hall–Kier alpha value is -1.03. The third-order valence-electron chi connectivity index (χ3n) is 1.44. The molecule has 1 aliphatic rings. The zero-order valence-electron chi connectivity index (χ0n) is 5.46. The molecule has 9 heavy (non-hydrogen) atoms. The van der Waals surface area contributed by atoms with Crippen molar-refractivity contribution in [3.8, 4) is 6.07 Å².